The Bertz CT molecular complexity index is 422. The maximum absolute atomic E-state index is 10.5. The van der Waals surface area contributed by atoms with Crippen LogP contribution in [0.1, 0.15) is 32.3 Å². The van der Waals surface area contributed by atoms with Crippen LogP contribution in [-0.4, -0.2) is 34.9 Å². The largest absolute Gasteiger partial charge is 0.481 e. The molecule has 0 aliphatic rings. The van der Waals surface area contributed by atoms with Crippen molar-refractivity contribution in [2.24, 2.45) is 0 Å². The molecule has 0 spiro atoms. The monoisotopic (exact) mass is 331 g/mol. The molecule has 0 aromatic heterocycles. The Labute approximate surface area is 136 Å². The quantitative estimate of drug-likeness (QED) is 0.691. The van der Waals surface area contributed by atoms with Crippen molar-refractivity contribution >= 4 is 34.9 Å². The van der Waals surface area contributed by atoms with Gasteiger partial charge in [-0.25, -0.2) is 0 Å². The standard InChI is InChI=1S/C16H23Cl2NO2/c1-12(17)10-19(11-13(2)18)15-8-6-14(7-9-15)4-3-5-16(20)21/h6-9,12-13H,3-5,10-11H2,1-2H3,(H,20,21). The van der Waals surface area contributed by atoms with E-state index in [-0.39, 0.29) is 17.2 Å². The number of anilines is 1. The first-order valence-corrected chi connectivity index (χ1v) is 8.09. The molecule has 0 saturated heterocycles. The highest BCUT2D eigenvalue weighted by molar-refractivity contribution is 6.21. The molecule has 0 fully saturated rings. The molecule has 1 aromatic rings. The highest BCUT2D eigenvalue weighted by Gasteiger charge is 2.12. The lowest BCUT2D eigenvalue weighted by Crippen LogP contribution is -2.33. The fourth-order valence-corrected chi connectivity index (χ4v) is 2.54. The number of rotatable bonds is 9. The number of carboxylic acid groups (broad SMARTS) is 1. The summed E-state index contributed by atoms with van der Waals surface area (Å²) >= 11 is 12.2. The first-order chi connectivity index (χ1) is 9.88. The minimum absolute atomic E-state index is 0.0515. The molecule has 0 heterocycles. The van der Waals surface area contributed by atoms with E-state index in [1.165, 1.54) is 0 Å². The van der Waals surface area contributed by atoms with Crippen LogP contribution in [0.25, 0.3) is 0 Å². The molecule has 5 heteroatoms. The molecular formula is C16H23Cl2NO2. The average molecular weight is 332 g/mol. The SMILES string of the molecule is CC(Cl)CN(CC(C)Cl)c1ccc(CCCC(=O)O)cc1. The summed E-state index contributed by atoms with van der Waals surface area (Å²) in [5, 5.41) is 8.75. The Kier molecular flexibility index (Phi) is 7.91. The first-order valence-electron chi connectivity index (χ1n) is 7.22. The number of benzene rings is 1. The van der Waals surface area contributed by atoms with Crippen LogP contribution in [0.15, 0.2) is 24.3 Å². The summed E-state index contributed by atoms with van der Waals surface area (Å²) in [6.07, 6.45) is 1.65. The Morgan fingerprint density at radius 2 is 1.67 bits per heavy atom. The van der Waals surface area contributed by atoms with Gasteiger partial charge in [0.05, 0.1) is 0 Å². The maximum atomic E-state index is 10.5. The Balaban J connectivity index is 2.65. The van der Waals surface area contributed by atoms with E-state index < -0.39 is 5.97 Å². The molecule has 0 saturated carbocycles. The Morgan fingerprint density at radius 1 is 1.14 bits per heavy atom. The second kappa shape index (κ2) is 9.16. The van der Waals surface area contributed by atoms with Crippen molar-refractivity contribution in [3.05, 3.63) is 29.8 Å². The van der Waals surface area contributed by atoms with E-state index in [1.54, 1.807) is 0 Å². The van der Waals surface area contributed by atoms with Gasteiger partial charge in [0.2, 0.25) is 0 Å². The average Bonchev–Trinajstić information content (AvgIpc) is 2.37. The molecule has 0 radical (unpaired) electrons. The molecule has 2 unspecified atom stereocenters. The van der Waals surface area contributed by atoms with Gasteiger partial charge in [-0.1, -0.05) is 12.1 Å². The van der Waals surface area contributed by atoms with Crippen molar-refractivity contribution in [2.75, 3.05) is 18.0 Å². The van der Waals surface area contributed by atoms with Gasteiger partial charge in [0.15, 0.2) is 0 Å². The molecule has 0 bridgehead atoms. The van der Waals surface area contributed by atoms with E-state index in [9.17, 15) is 4.79 Å². The van der Waals surface area contributed by atoms with Gasteiger partial charge < -0.3 is 10.0 Å². The van der Waals surface area contributed by atoms with Crippen LogP contribution in [0, 0.1) is 0 Å². The van der Waals surface area contributed by atoms with E-state index in [4.69, 9.17) is 28.3 Å². The zero-order valence-corrected chi connectivity index (χ0v) is 14.1. The van der Waals surface area contributed by atoms with E-state index in [1.807, 2.05) is 26.0 Å². The molecule has 1 N–H and O–H groups in total. The third-order valence-electron chi connectivity index (χ3n) is 3.10. The van der Waals surface area contributed by atoms with Crippen molar-refractivity contribution in [1.29, 1.82) is 0 Å². The number of carbonyl (C=O) groups is 1. The minimum Gasteiger partial charge on any atom is -0.481 e. The molecule has 0 aliphatic heterocycles. The van der Waals surface area contributed by atoms with Gasteiger partial charge in [-0.3, -0.25) is 4.79 Å². The van der Waals surface area contributed by atoms with Gasteiger partial charge in [0.25, 0.3) is 0 Å². The summed E-state index contributed by atoms with van der Waals surface area (Å²) in [4.78, 5) is 12.7. The fraction of sp³-hybridized carbons (Fsp3) is 0.562. The number of aliphatic carboxylic acids is 1. The zero-order chi connectivity index (χ0) is 15.8. The number of hydrogen-bond acceptors (Lipinski definition) is 2. The molecule has 3 nitrogen and oxygen atoms in total. The lowest BCUT2D eigenvalue weighted by molar-refractivity contribution is -0.137. The van der Waals surface area contributed by atoms with Crippen LogP contribution in [0.4, 0.5) is 5.69 Å². The summed E-state index contributed by atoms with van der Waals surface area (Å²) in [5.74, 6) is -0.745. The molecule has 0 aliphatic carbocycles. The van der Waals surface area contributed by atoms with Crippen LogP contribution >= 0.6 is 23.2 Å². The van der Waals surface area contributed by atoms with Gasteiger partial charge in [-0.2, -0.15) is 0 Å². The summed E-state index contributed by atoms with van der Waals surface area (Å²) in [6, 6.07) is 8.19. The fourth-order valence-electron chi connectivity index (χ4n) is 2.21. The van der Waals surface area contributed by atoms with Crippen LogP contribution in [0.3, 0.4) is 0 Å². The number of halogens is 2. The van der Waals surface area contributed by atoms with E-state index in [0.29, 0.717) is 6.42 Å². The van der Waals surface area contributed by atoms with Crippen molar-refractivity contribution < 1.29 is 9.90 Å². The van der Waals surface area contributed by atoms with Crippen molar-refractivity contribution in [3.63, 3.8) is 0 Å². The summed E-state index contributed by atoms with van der Waals surface area (Å²) in [5.41, 5.74) is 2.25. The number of nitrogens with zero attached hydrogens (tertiary/aromatic N) is 1. The lowest BCUT2D eigenvalue weighted by atomic mass is 10.1. The molecule has 21 heavy (non-hydrogen) atoms. The maximum Gasteiger partial charge on any atom is 0.303 e. The third kappa shape index (κ3) is 7.58. The predicted molar refractivity (Wildman–Crippen MR) is 89.9 cm³/mol. The Morgan fingerprint density at radius 3 is 2.10 bits per heavy atom. The van der Waals surface area contributed by atoms with Crippen molar-refractivity contribution in [2.45, 2.75) is 43.9 Å². The summed E-state index contributed by atoms with van der Waals surface area (Å²) in [6.45, 7) is 5.43. The third-order valence-corrected chi connectivity index (χ3v) is 3.38. The number of alkyl halides is 2. The molecule has 2 atom stereocenters. The molecule has 1 aromatic carbocycles. The van der Waals surface area contributed by atoms with Gasteiger partial charge in [-0.15, -0.1) is 23.2 Å². The molecule has 118 valence electrons. The van der Waals surface area contributed by atoms with Crippen LogP contribution in [0.2, 0.25) is 0 Å². The number of aryl methyl sites for hydroxylation is 1. The number of carboxylic acids is 1. The first kappa shape index (κ1) is 18.1. The van der Waals surface area contributed by atoms with Gasteiger partial charge >= 0.3 is 5.97 Å². The predicted octanol–water partition coefficient (Wildman–Crippen LogP) is 4.15. The summed E-state index contributed by atoms with van der Waals surface area (Å²) in [7, 11) is 0. The van der Waals surface area contributed by atoms with Crippen LogP contribution in [0.5, 0.6) is 0 Å². The van der Waals surface area contributed by atoms with Crippen LogP contribution < -0.4 is 4.90 Å². The van der Waals surface area contributed by atoms with E-state index >= 15 is 0 Å². The van der Waals surface area contributed by atoms with Crippen molar-refractivity contribution in [1.82, 2.24) is 0 Å². The molecule has 0 amide bonds. The highest BCUT2D eigenvalue weighted by Crippen LogP contribution is 2.19. The normalized spacial score (nSPS) is 13.7. The van der Waals surface area contributed by atoms with Crippen LogP contribution in [-0.2, 0) is 11.2 Å². The summed E-state index contributed by atoms with van der Waals surface area (Å²) < 4.78 is 0. The second-order valence-corrected chi connectivity index (χ2v) is 6.87. The molecule has 1 rings (SSSR count). The number of hydrogen-bond donors (Lipinski definition) is 1. The minimum atomic E-state index is -0.745. The zero-order valence-electron chi connectivity index (χ0n) is 12.6. The van der Waals surface area contributed by atoms with Gasteiger partial charge in [0, 0.05) is 36.0 Å². The smallest absolute Gasteiger partial charge is 0.303 e. The van der Waals surface area contributed by atoms with E-state index in [2.05, 4.69) is 17.0 Å². The topological polar surface area (TPSA) is 40.5 Å². The van der Waals surface area contributed by atoms with E-state index in [0.717, 1.165) is 30.8 Å². The van der Waals surface area contributed by atoms with Gasteiger partial charge in [-0.05, 0) is 44.4 Å². The second-order valence-electron chi connectivity index (χ2n) is 5.38. The lowest BCUT2D eigenvalue weighted by Gasteiger charge is -2.27. The Hall–Kier alpha value is -0.930. The highest BCUT2D eigenvalue weighted by atomic mass is 35.5. The van der Waals surface area contributed by atoms with Crippen molar-refractivity contribution in [3.8, 4) is 0 Å². The van der Waals surface area contributed by atoms with Gasteiger partial charge in [0.1, 0.15) is 0 Å². The molecular weight excluding hydrogens is 309 g/mol.